The Balaban J connectivity index is 1.66. The van der Waals surface area contributed by atoms with Crippen LogP contribution in [0.1, 0.15) is 36.2 Å². The molecule has 21 heavy (non-hydrogen) atoms. The Morgan fingerprint density at radius 1 is 1.29 bits per heavy atom. The fraction of sp³-hybridized carbons (Fsp3) is 0.667. The highest BCUT2D eigenvalue weighted by atomic mass is 16.3. The Labute approximate surface area is 124 Å². The molecule has 2 aliphatic rings. The van der Waals surface area contributed by atoms with Gasteiger partial charge < -0.3 is 14.9 Å². The van der Waals surface area contributed by atoms with Gasteiger partial charge in [0.25, 0.3) is 5.91 Å². The van der Waals surface area contributed by atoms with Crippen LogP contribution in [0.4, 0.5) is 0 Å². The number of aromatic nitrogens is 2. The lowest BCUT2D eigenvalue weighted by Gasteiger charge is -2.41. The summed E-state index contributed by atoms with van der Waals surface area (Å²) in [6.45, 7) is 3.84. The van der Waals surface area contributed by atoms with E-state index in [0.29, 0.717) is 25.3 Å². The van der Waals surface area contributed by atoms with Crippen molar-refractivity contribution in [3.05, 3.63) is 24.0 Å². The summed E-state index contributed by atoms with van der Waals surface area (Å²) in [5.74, 6) is -0.136. The number of piperidine rings is 1. The van der Waals surface area contributed by atoms with Crippen molar-refractivity contribution in [2.24, 2.45) is 0 Å². The Morgan fingerprint density at radius 2 is 2.10 bits per heavy atom. The highest BCUT2D eigenvalue weighted by Gasteiger charge is 2.37. The number of hydrogen-bond donors (Lipinski definition) is 1. The van der Waals surface area contributed by atoms with Crippen molar-refractivity contribution in [2.75, 3.05) is 32.7 Å². The van der Waals surface area contributed by atoms with E-state index < -0.39 is 5.60 Å². The van der Waals surface area contributed by atoms with E-state index in [9.17, 15) is 9.90 Å². The number of nitrogens with zero attached hydrogens (tertiary/aromatic N) is 4. The average Bonchev–Trinajstić information content (AvgIpc) is 2.99. The van der Waals surface area contributed by atoms with E-state index in [2.05, 4.69) is 15.1 Å². The summed E-state index contributed by atoms with van der Waals surface area (Å²) in [4.78, 5) is 16.4. The second-order valence-electron chi connectivity index (χ2n) is 6.15. The van der Waals surface area contributed by atoms with Gasteiger partial charge in [-0.15, -0.1) is 5.10 Å². The monoisotopic (exact) mass is 290 g/mol. The van der Waals surface area contributed by atoms with Crippen LogP contribution in [0.15, 0.2) is 18.3 Å². The maximum Gasteiger partial charge on any atom is 0.274 e. The number of carbonyl (C=O) groups excluding carboxylic acids is 1. The van der Waals surface area contributed by atoms with Crippen LogP contribution in [0.25, 0.3) is 0 Å². The van der Waals surface area contributed by atoms with Crippen molar-refractivity contribution >= 4 is 5.91 Å². The minimum atomic E-state index is -0.791. The molecular formula is C15H22N4O2. The Morgan fingerprint density at radius 3 is 2.81 bits per heavy atom. The van der Waals surface area contributed by atoms with Gasteiger partial charge in [0.2, 0.25) is 0 Å². The molecule has 2 saturated heterocycles. The molecule has 6 heteroatoms. The Hall–Kier alpha value is -1.53. The minimum absolute atomic E-state index is 0.136. The number of aliphatic hydroxyl groups is 1. The van der Waals surface area contributed by atoms with Gasteiger partial charge in [-0.2, -0.15) is 5.10 Å². The van der Waals surface area contributed by atoms with Gasteiger partial charge in [0.05, 0.1) is 12.1 Å². The largest absolute Gasteiger partial charge is 0.387 e. The van der Waals surface area contributed by atoms with E-state index in [1.807, 2.05) is 0 Å². The highest BCUT2D eigenvalue weighted by Crippen LogP contribution is 2.24. The zero-order valence-electron chi connectivity index (χ0n) is 12.2. The summed E-state index contributed by atoms with van der Waals surface area (Å²) in [6, 6.07) is 3.38. The van der Waals surface area contributed by atoms with Crippen molar-refractivity contribution in [3.8, 4) is 0 Å². The van der Waals surface area contributed by atoms with Crippen LogP contribution in [0.3, 0.4) is 0 Å². The first-order valence-electron chi connectivity index (χ1n) is 7.68. The zero-order valence-corrected chi connectivity index (χ0v) is 12.2. The average molecular weight is 290 g/mol. The van der Waals surface area contributed by atoms with Crippen molar-refractivity contribution in [1.29, 1.82) is 0 Å². The maximum atomic E-state index is 12.4. The van der Waals surface area contributed by atoms with Gasteiger partial charge >= 0.3 is 0 Å². The summed E-state index contributed by atoms with van der Waals surface area (Å²) in [7, 11) is 0. The minimum Gasteiger partial charge on any atom is -0.387 e. The van der Waals surface area contributed by atoms with E-state index in [1.54, 1.807) is 23.2 Å². The lowest BCUT2D eigenvalue weighted by atomic mass is 9.92. The van der Waals surface area contributed by atoms with Crippen molar-refractivity contribution in [1.82, 2.24) is 20.0 Å². The quantitative estimate of drug-likeness (QED) is 0.880. The highest BCUT2D eigenvalue weighted by molar-refractivity contribution is 5.92. The molecule has 0 aliphatic carbocycles. The molecule has 6 nitrogen and oxygen atoms in total. The topological polar surface area (TPSA) is 69.6 Å². The molecule has 0 aromatic carbocycles. The third-order valence-electron chi connectivity index (χ3n) is 4.35. The van der Waals surface area contributed by atoms with Crippen LogP contribution in [0, 0.1) is 0 Å². The van der Waals surface area contributed by atoms with E-state index in [1.165, 1.54) is 12.8 Å². The second kappa shape index (κ2) is 6.07. The second-order valence-corrected chi connectivity index (χ2v) is 6.15. The lowest BCUT2D eigenvalue weighted by molar-refractivity contribution is -0.0432. The molecule has 2 fully saturated rings. The van der Waals surface area contributed by atoms with Crippen molar-refractivity contribution in [3.63, 3.8) is 0 Å². The molecule has 1 atom stereocenters. The standard InChI is InChI=1S/C15H22N4O2/c20-14(13-5-3-7-16-17-13)19-10-4-6-15(21,12-19)11-18-8-1-2-9-18/h3,5,7,21H,1-2,4,6,8-12H2/t15-/m0/s1. The van der Waals surface area contributed by atoms with Crippen LogP contribution in [-0.2, 0) is 0 Å². The van der Waals surface area contributed by atoms with Crippen LogP contribution < -0.4 is 0 Å². The third kappa shape index (κ3) is 3.39. The fourth-order valence-electron chi connectivity index (χ4n) is 3.35. The number of amides is 1. The van der Waals surface area contributed by atoms with Crippen molar-refractivity contribution < 1.29 is 9.90 Å². The van der Waals surface area contributed by atoms with Crippen LogP contribution in [0.2, 0.25) is 0 Å². The zero-order chi connectivity index (χ0) is 14.7. The summed E-state index contributed by atoms with van der Waals surface area (Å²) in [6.07, 6.45) is 5.55. The van der Waals surface area contributed by atoms with E-state index in [4.69, 9.17) is 0 Å². The predicted molar refractivity (Wildman–Crippen MR) is 77.8 cm³/mol. The molecule has 0 radical (unpaired) electrons. The summed E-state index contributed by atoms with van der Waals surface area (Å²) in [5, 5.41) is 18.4. The molecule has 1 aromatic rings. The number of carbonyl (C=O) groups is 1. The predicted octanol–water partition coefficient (Wildman–Crippen LogP) is 0.539. The van der Waals surface area contributed by atoms with Gasteiger partial charge in [-0.25, -0.2) is 0 Å². The van der Waals surface area contributed by atoms with Gasteiger partial charge in [-0.3, -0.25) is 4.79 Å². The molecule has 1 amide bonds. The normalized spacial score (nSPS) is 27.0. The summed E-state index contributed by atoms with van der Waals surface area (Å²) >= 11 is 0. The maximum absolute atomic E-state index is 12.4. The Bertz CT molecular complexity index is 490. The summed E-state index contributed by atoms with van der Waals surface area (Å²) in [5.41, 5.74) is -0.441. The fourth-order valence-corrected chi connectivity index (χ4v) is 3.35. The first kappa shape index (κ1) is 14.4. The van der Waals surface area contributed by atoms with Crippen molar-refractivity contribution in [2.45, 2.75) is 31.3 Å². The molecule has 114 valence electrons. The Kier molecular flexibility index (Phi) is 4.17. The molecule has 1 aromatic heterocycles. The van der Waals surface area contributed by atoms with E-state index in [0.717, 1.165) is 25.9 Å². The molecule has 3 heterocycles. The molecule has 1 N–H and O–H groups in total. The number of rotatable bonds is 3. The van der Waals surface area contributed by atoms with Crippen LogP contribution in [0.5, 0.6) is 0 Å². The SMILES string of the molecule is O=C(c1cccnn1)N1CCC[C@](O)(CN2CCCC2)C1. The molecular weight excluding hydrogens is 268 g/mol. The molecule has 0 spiro atoms. The van der Waals surface area contributed by atoms with Gasteiger partial charge in [0, 0.05) is 19.3 Å². The third-order valence-corrected chi connectivity index (χ3v) is 4.35. The van der Waals surface area contributed by atoms with Gasteiger partial charge in [0.15, 0.2) is 5.69 Å². The molecule has 0 saturated carbocycles. The van der Waals surface area contributed by atoms with E-state index in [-0.39, 0.29) is 5.91 Å². The first-order valence-corrected chi connectivity index (χ1v) is 7.68. The number of hydrogen-bond acceptors (Lipinski definition) is 5. The number of β-amino-alcohol motifs (C(OH)–C–C–N with tert-alkyl or cyclic N) is 1. The summed E-state index contributed by atoms with van der Waals surface area (Å²) < 4.78 is 0. The molecule has 3 rings (SSSR count). The van der Waals surface area contributed by atoms with Crippen LogP contribution in [-0.4, -0.2) is 69.3 Å². The van der Waals surface area contributed by atoms with Gasteiger partial charge in [-0.1, -0.05) is 0 Å². The lowest BCUT2D eigenvalue weighted by Crippen LogP contribution is -2.55. The first-order chi connectivity index (χ1) is 10.2. The molecule has 2 aliphatic heterocycles. The molecule has 0 unspecified atom stereocenters. The number of likely N-dealkylation sites (tertiary alicyclic amines) is 2. The molecule has 0 bridgehead atoms. The van der Waals surface area contributed by atoms with E-state index >= 15 is 0 Å². The van der Waals surface area contributed by atoms with Gasteiger partial charge in [-0.05, 0) is 50.9 Å². The van der Waals surface area contributed by atoms with Gasteiger partial charge in [0.1, 0.15) is 0 Å². The van der Waals surface area contributed by atoms with Crippen LogP contribution >= 0.6 is 0 Å². The smallest absolute Gasteiger partial charge is 0.274 e.